The number of carbonyl (C=O) groups is 1. The van der Waals surface area contributed by atoms with Crippen molar-refractivity contribution in [3.63, 3.8) is 0 Å². The smallest absolute Gasteiger partial charge is 0.362 e. The molecule has 2 rings (SSSR count). The van der Waals surface area contributed by atoms with Gasteiger partial charge in [-0.1, -0.05) is 0 Å². The third-order valence-corrected chi connectivity index (χ3v) is 6.03. The van der Waals surface area contributed by atoms with Crippen LogP contribution in [0.25, 0.3) is 0 Å². The Morgan fingerprint density at radius 2 is 1.96 bits per heavy atom. The number of carbonyl (C=O) groups excluding carboxylic acids is 1. The van der Waals surface area contributed by atoms with E-state index in [4.69, 9.17) is 0 Å². The third kappa shape index (κ3) is 3.22. The number of halogens is 3. The third-order valence-electron chi connectivity index (χ3n) is 4.15. The Bertz CT molecular complexity index is 599. The van der Waals surface area contributed by atoms with E-state index in [1.165, 1.54) is 11.2 Å². The van der Waals surface area contributed by atoms with Crippen molar-refractivity contribution in [3.8, 4) is 0 Å². The van der Waals surface area contributed by atoms with E-state index in [9.17, 15) is 31.5 Å². The molecule has 0 spiro atoms. The van der Waals surface area contributed by atoms with E-state index in [0.29, 0.717) is 0 Å². The van der Waals surface area contributed by atoms with Gasteiger partial charge < -0.3 is 5.11 Å². The average molecular weight is 357 g/mol. The minimum Gasteiger partial charge on any atom is -0.362 e. The van der Waals surface area contributed by atoms with Gasteiger partial charge >= 0.3 is 6.18 Å². The maximum Gasteiger partial charge on any atom is 0.438 e. The molecule has 0 aromatic rings. The molecule has 0 radical (unpaired) electrons. The summed E-state index contributed by atoms with van der Waals surface area (Å²) >= 11 is 0. The van der Waals surface area contributed by atoms with Crippen LogP contribution in [0.15, 0.2) is 5.10 Å². The number of amides is 1. The van der Waals surface area contributed by atoms with Crippen LogP contribution in [0.4, 0.5) is 13.2 Å². The van der Waals surface area contributed by atoms with Crippen LogP contribution in [0.2, 0.25) is 0 Å². The molecule has 0 unspecified atom stereocenters. The summed E-state index contributed by atoms with van der Waals surface area (Å²) in [4.78, 5) is 12.3. The van der Waals surface area contributed by atoms with Crippen LogP contribution in [-0.2, 0) is 14.8 Å². The van der Waals surface area contributed by atoms with E-state index in [0.717, 1.165) is 6.21 Å². The minimum absolute atomic E-state index is 0.0641. The van der Waals surface area contributed by atoms with E-state index >= 15 is 0 Å². The number of piperidine rings is 1. The molecule has 0 saturated carbocycles. The van der Waals surface area contributed by atoms with Crippen LogP contribution in [0, 0.1) is 5.92 Å². The standard InChI is InChI=1S/C12H18F3N3O4S/c1-2-23(21,22)17-7-3-9(4-8-17)10(19)18-11(20,5-6-16-18)12(13,14)15/h6,9,20H,2-5,7-8H2,1H3/t11-/m1/s1. The number of alkyl halides is 3. The first-order chi connectivity index (χ1) is 10.5. The Labute approximate surface area is 131 Å². The Balaban J connectivity index is 2.07. The Morgan fingerprint density at radius 1 is 1.39 bits per heavy atom. The van der Waals surface area contributed by atoms with E-state index in [2.05, 4.69) is 5.10 Å². The first-order valence-electron chi connectivity index (χ1n) is 7.16. The summed E-state index contributed by atoms with van der Waals surface area (Å²) in [7, 11) is -3.39. The van der Waals surface area contributed by atoms with Crippen LogP contribution in [0.5, 0.6) is 0 Å². The van der Waals surface area contributed by atoms with Crippen LogP contribution < -0.4 is 0 Å². The predicted molar refractivity (Wildman–Crippen MR) is 74.7 cm³/mol. The quantitative estimate of drug-likeness (QED) is 0.797. The van der Waals surface area contributed by atoms with Gasteiger partial charge in [0.2, 0.25) is 15.9 Å². The summed E-state index contributed by atoms with van der Waals surface area (Å²) in [6.07, 6.45) is -4.80. The molecule has 1 amide bonds. The normalized spacial score (nSPS) is 27.6. The molecule has 0 aromatic heterocycles. The van der Waals surface area contributed by atoms with Gasteiger partial charge in [-0.3, -0.25) is 4.79 Å². The molecule has 11 heteroatoms. The lowest BCUT2D eigenvalue weighted by Crippen LogP contribution is -2.58. The topological polar surface area (TPSA) is 90.3 Å². The second-order valence-electron chi connectivity index (χ2n) is 5.54. The fourth-order valence-corrected chi connectivity index (χ4v) is 3.78. The zero-order valence-corrected chi connectivity index (χ0v) is 13.3. The van der Waals surface area contributed by atoms with Gasteiger partial charge in [-0.05, 0) is 19.8 Å². The number of sulfonamides is 1. The number of hydrogen-bond acceptors (Lipinski definition) is 5. The molecular weight excluding hydrogens is 339 g/mol. The SMILES string of the molecule is CCS(=O)(=O)N1CCC(C(=O)N2N=CC[C@@]2(O)C(F)(F)F)CC1. The number of nitrogens with zero attached hydrogens (tertiary/aromatic N) is 3. The van der Waals surface area contributed by atoms with Crippen LogP contribution >= 0.6 is 0 Å². The number of rotatable bonds is 3. The van der Waals surface area contributed by atoms with E-state index < -0.39 is 40.2 Å². The lowest BCUT2D eigenvalue weighted by molar-refractivity contribution is -0.303. The molecule has 7 nitrogen and oxygen atoms in total. The maximum atomic E-state index is 13.0. The van der Waals surface area contributed by atoms with Crippen molar-refractivity contribution in [2.45, 2.75) is 38.1 Å². The molecule has 0 aliphatic carbocycles. The summed E-state index contributed by atoms with van der Waals surface area (Å²) in [5.74, 6) is -1.81. The Kier molecular flexibility index (Phi) is 4.75. The Hall–Kier alpha value is -1.20. The summed E-state index contributed by atoms with van der Waals surface area (Å²) < 4.78 is 63.6. The zero-order chi connectivity index (χ0) is 17.5. The largest absolute Gasteiger partial charge is 0.438 e. The molecule has 2 aliphatic rings. The molecule has 0 bridgehead atoms. The minimum atomic E-state index is -5.02. The van der Waals surface area contributed by atoms with Crippen molar-refractivity contribution in [2.75, 3.05) is 18.8 Å². The zero-order valence-electron chi connectivity index (χ0n) is 12.5. The average Bonchev–Trinajstić information content (AvgIpc) is 2.89. The highest BCUT2D eigenvalue weighted by Crippen LogP contribution is 2.40. The number of hydrogen-bond donors (Lipinski definition) is 1. The molecule has 2 aliphatic heterocycles. The van der Waals surface area contributed by atoms with E-state index in [-0.39, 0.29) is 36.7 Å². The highest BCUT2D eigenvalue weighted by atomic mass is 32.2. The van der Waals surface area contributed by atoms with Crippen molar-refractivity contribution in [1.82, 2.24) is 9.31 Å². The predicted octanol–water partition coefficient (Wildman–Crippen LogP) is 0.517. The summed E-state index contributed by atoms with van der Waals surface area (Å²) in [6, 6.07) is 0. The lowest BCUT2D eigenvalue weighted by atomic mass is 9.96. The monoisotopic (exact) mass is 357 g/mol. The van der Waals surface area contributed by atoms with Crippen molar-refractivity contribution >= 4 is 22.1 Å². The lowest BCUT2D eigenvalue weighted by Gasteiger charge is -2.36. The van der Waals surface area contributed by atoms with Gasteiger partial charge in [-0.25, -0.2) is 12.7 Å². The van der Waals surface area contributed by atoms with Crippen LogP contribution in [0.3, 0.4) is 0 Å². The fraction of sp³-hybridized carbons (Fsp3) is 0.833. The highest BCUT2D eigenvalue weighted by molar-refractivity contribution is 7.89. The molecule has 1 atom stereocenters. The van der Waals surface area contributed by atoms with Crippen LogP contribution in [-0.4, -0.2) is 65.7 Å². The van der Waals surface area contributed by atoms with Crippen molar-refractivity contribution < 1.29 is 31.5 Å². The van der Waals surface area contributed by atoms with Gasteiger partial charge in [0.1, 0.15) is 0 Å². The highest BCUT2D eigenvalue weighted by Gasteiger charge is 2.62. The van der Waals surface area contributed by atoms with Crippen molar-refractivity contribution in [1.29, 1.82) is 0 Å². The Morgan fingerprint density at radius 3 is 2.43 bits per heavy atom. The molecule has 132 valence electrons. The molecule has 1 N–H and O–H groups in total. The first kappa shape index (κ1) is 18.1. The van der Waals surface area contributed by atoms with Gasteiger partial charge in [-0.2, -0.15) is 23.3 Å². The van der Waals surface area contributed by atoms with Crippen molar-refractivity contribution in [3.05, 3.63) is 0 Å². The molecule has 0 aromatic carbocycles. The molecule has 23 heavy (non-hydrogen) atoms. The van der Waals surface area contributed by atoms with Crippen molar-refractivity contribution in [2.24, 2.45) is 11.0 Å². The van der Waals surface area contributed by atoms with E-state index in [1.807, 2.05) is 0 Å². The fourth-order valence-electron chi connectivity index (χ4n) is 2.64. The summed E-state index contributed by atoms with van der Waals surface area (Å²) in [5.41, 5.74) is -3.32. The second-order valence-corrected chi connectivity index (χ2v) is 7.80. The number of aliphatic hydroxyl groups is 1. The first-order valence-corrected chi connectivity index (χ1v) is 8.77. The van der Waals surface area contributed by atoms with Gasteiger partial charge in [-0.15, -0.1) is 0 Å². The second kappa shape index (κ2) is 6.02. The summed E-state index contributed by atoms with van der Waals surface area (Å²) in [6.45, 7) is 1.62. The van der Waals surface area contributed by atoms with Gasteiger partial charge in [0.15, 0.2) is 0 Å². The molecule has 1 saturated heterocycles. The van der Waals surface area contributed by atoms with Gasteiger partial charge in [0, 0.05) is 31.6 Å². The summed E-state index contributed by atoms with van der Waals surface area (Å²) in [5, 5.41) is 13.2. The number of hydrazone groups is 1. The molecule has 2 heterocycles. The molecule has 1 fully saturated rings. The van der Waals surface area contributed by atoms with Gasteiger partial charge in [0.05, 0.1) is 5.75 Å². The maximum absolute atomic E-state index is 13.0. The van der Waals surface area contributed by atoms with E-state index in [1.54, 1.807) is 0 Å². The van der Waals surface area contributed by atoms with Crippen LogP contribution in [0.1, 0.15) is 26.2 Å². The van der Waals surface area contributed by atoms with Gasteiger partial charge in [0.25, 0.3) is 5.72 Å². The molecular formula is C12H18F3N3O4S.